The highest BCUT2D eigenvalue weighted by Crippen LogP contribution is 2.24. The van der Waals surface area contributed by atoms with Crippen molar-refractivity contribution in [3.8, 4) is 0 Å². The number of anilines is 1. The Kier molecular flexibility index (Phi) is 4.36. The maximum Gasteiger partial charge on any atom is 0.270 e. The van der Waals surface area contributed by atoms with Gasteiger partial charge in [0, 0.05) is 22.3 Å². The number of rotatable bonds is 3. The highest BCUT2D eigenvalue weighted by atomic mass is 79.9. The highest BCUT2D eigenvalue weighted by molar-refractivity contribution is 9.10. The minimum Gasteiger partial charge on any atom is -0.322 e. The molecule has 0 spiro atoms. The van der Waals surface area contributed by atoms with Crippen LogP contribution in [0, 0.1) is 10.1 Å². The summed E-state index contributed by atoms with van der Waals surface area (Å²) >= 11 is 9.19. The quantitative estimate of drug-likeness (QED) is 0.660. The Hall–Kier alpha value is -1.92. The van der Waals surface area contributed by atoms with E-state index in [0.717, 1.165) is 10.5 Å². The number of non-ortho nitro benzene ring substituents is 1. The summed E-state index contributed by atoms with van der Waals surface area (Å²) in [6.07, 6.45) is 0. The van der Waals surface area contributed by atoms with Crippen LogP contribution in [-0.2, 0) is 0 Å². The molecule has 0 aliphatic rings. The van der Waals surface area contributed by atoms with Crippen molar-refractivity contribution in [2.45, 2.75) is 0 Å². The Bertz CT molecular complexity index is 691. The summed E-state index contributed by atoms with van der Waals surface area (Å²) in [5.74, 6) is -0.428. The predicted molar refractivity (Wildman–Crippen MR) is 80.2 cm³/mol. The van der Waals surface area contributed by atoms with Crippen LogP contribution in [0.25, 0.3) is 0 Å². The fourth-order valence-corrected chi connectivity index (χ4v) is 2.23. The molecule has 2 rings (SSSR count). The van der Waals surface area contributed by atoms with Gasteiger partial charge in [-0.2, -0.15) is 0 Å². The summed E-state index contributed by atoms with van der Waals surface area (Å²) in [4.78, 5) is 22.1. The van der Waals surface area contributed by atoms with Gasteiger partial charge in [-0.3, -0.25) is 14.9 Å². The first-order valence-corrected chi connectivity index (χ1v) is 6.65. The lowest BCUT2D eigenvalue weighted by molar-refractivity contribution is -0.384. The number of nitro groups is 1. The maximum absolute atomic E-state index is 12.0. The number of carbonyl (C=O) groups excluding carboxylic acids is 1. The molecule has 0 unspecified atom stereocenters. The number of halogens is 2. The predicted octanol–water partition coefficient (Wildman–Crippen LogP) is 4.26. The first kappa shape index (κ1) is 14.5. The number of nitro benzene ring substituents is 1. The van der Waals surface area contributed by atoms with E-state index in [-0.39, 0.29) is 16.3 Å². The summed E-state index contributed by atoms with van der Waals surface area (Å²) in [6, 6.07) is 10.8. The van der Waals surface area contributed by atoms with Crippen molar-refractivity contribution in [2.24, 2.45) is 0 Å². The maximum atomic E-state index is 12.0. The fourth-order valence-electron chi connectivity index (χ4n) is 1.57. The zero-order valence-electron chi connectivity index (χ0n) is 9.97. The number of carbonyl (C=O) groups is 1. The van der Waals surface area contributed by atoms with Gasteiger partial charge < -0.3 is 5.32 Å². The van der Waals surface area contributed by atoms with Crippen molar-refractivity contribution in [3.63, 3.8) is 0 Å². The number of amides is 1. The molecule has 0 radical (unpaired) electrons. The van der Waals surface area contributed by atoms with Gasteiger partial charge in [-0.1, -0.05) is 33.6 Å². The van der Waals surface area contributed by atoms with E-state index in [1.54, 1.807) is 18.2 Å². The van der Waals surface area contributed by atoms with Gasteiger partial charge in [0.15, 0.2) is 0 Å². The molecular formula is C13H8BrClN2O3. The van der Waals surface area contributed by atoms with Crippen LogP contribution in [0.3, 0.4) is 0 Å². The van der Waals surface area contributed by atoms with Crippen LogP contribution in [0.5, 0.6) is 0 Å². The third-order valence-corrected chi connectivity index (χ3v) is 3.30. The summed E-state index contributed by atoms with van der Waals surface area (Å²) in [5, 5.41) is 13.3. The molecule has 2 aromatic carbocycles. The molecule has 0 aliphatic heterocycles. The largest absolute Gasteiger partial charge is 0.322 e. The number of hydrogen-bond donors (Lipinski definition) is 1. The second-order valence-electron chi connectivity index (χ2n) is 3.89. The monoisotopic (exact) mass is 354 g/mol. The van der Waals surface area contributed by atoms with Crippen LogP contribution >= 0.6 is 27.5 Å². The first-order chi connectivity index (χ1) is 9.47. The third-order valence-electron chi connectivity index (χ3n) is 2.49. The average molecular weight is 356 g/mol. The van der Waals surface area contributed by atoms with Crippen LogP contribution in [0.2, 0.25) is 5.02 Å². The van der Waals surface area contributed by atoms with E-state index >= 15 is 0 Å². The van der Waals surface area contributed by atoms with E-state index in [1.807, 2.05) is 6.07 Å². The van der Waals surface area contributed by atoms with E-state index < -0.39 is 10.8 Å². The molecule has 0 saturated carbocycles. The van der Waals surface area contributed by atoms with Gasteiger partial charge in [-0.25, -0.2) is 0 Å². The Morgan fingerprint density at radius 2 is 2.00 bits per heavy atom. The van der Waals surface area contributed by atoms with E-state index in [2.05, 4.69) is 21.2 Å². The molecule has 7 heteroatoms. The summed E-state index contributed by atoms with van der Waals surface area (Å²) < 4.78 is 0.824. The molecule has 1 amide bonds. The van der Waals surface area contributed by atoms with Gasteiger partial charge in [-0.05, 0) is 24.3 Å². The smallest absolute Gasteiger partial charge is 0.270 e. The molecule has 0 saturated heterocycles. The lowest BCUT2D eigenvalue weighted by atomic mass is 10.2. The van der Waals surface area contributed by atoms with Crippen LogP contribution in [0.15, 0.2) is 46.9 Å². The summed E-state index contributed by atoms with van der Waals surface area (Å²) in [5.41, 5.74) is 0.616. The summed E-state index contributed by atoms with van der Waals surface area (Å²) in [6.45, 7) is 0. The van der Waals surface area contributed by atoms with Crippen LogP contribution in [0.1, 0.15) is 10.4 Å². The Morgan fingerprint density at radius 1 is 1.25 bits per heavy atom. The average Bonchev–Trinajstić information content (AvgIpc) is 2.38. The molecule has 0 fully saturated rings. The van der Waals surface area contributed by atoms with Gasteiger partial charge in [0.1, 0.15) is 0 Å². The minimum atomic E-state index is -0.568. The Balaban J connectivity index is 2.23. The van der Waals surface area contributed by atoms with Crippen molar-refractivity contribution in [1.82, 2.24) is 0 Å². The van der Waals surface area contributed by atoms with Crippen LogP contribution in [-0.4, -0.2) is 10.8 Å². The standard InChI is InChI=1S/C13H8BrClN2O3/c14-8-2-1-3-9(6-8)16-13(18)11-5-4-10(17(19)20)7-12(11)15/h1-7H,(H,16,18). The number of nitrogens with zero attached hydrogens (tertiary/aromatic N) is 1. The molecule has 102 valence electrons. The van der Waals surface area contributed by atoms with Gasteiger partial charge in [-0.15, -0.1) is 0 Å². The Labute approximate surface area is 127 Å². The van der Waals surface area contributed by atoms with Crippen molar-refractivity contribution < 1.29 is 9.72 Å². The second kappa shape index (κ2) is 6.02. The van der Waals surface area contributed by atoms with Crippen LogP contribution < -0.4 is 5.32 Å². The zero-order valence-corrected chi connectivity index (χ0v) is 12.3. The lowest BCUT2D eigenvalue weighted by Gasteiger charge is -2.07. The highest BCUT2D eigenvalue weighted by Gasteiger charge is 2.15. The normalized spacial score (nSPS) is 10.1. The van der Waals surface area contributed by atoms with Crippen molar-refractivity contribution in [3.05, 3.63) is 67.6 Å². The molecule has 2 aromatic rings. The van der Waals surface area contributed by atoms with Gasteiger partial charge in [0.05, 0.1) is 15.5 Å². The van der Waals surface area contributed by atoms with E-state index in [0.29, 0.717) is 5.69 Å². The molecule has 5 nitrogen and oxygen atoms in total. The SMILES string of the molecule is O=C(Nc1cccc(Br)c1)c1ccc([N+](=O)[O-])cc1Cl. The van der Waals surface area contributed by atoms with Crippen molar-refractivity contribution >= 4 is 44.8 Å². The number of hydrogen-bond acceptors (Lipinski definition) is 3. The number of nitrogens with one attached hydrogen (secondary N) is 1. The third kappa shape index (κ3) is 3.34. The van der Waals surface area contributed by atoms with Gasteiger partial charge in [0.25, 0.3) is 11.6 Å². The van der Waals surface area contributed by atoms with Gasteiger partial charge in [0.2, 0.25) is 0 Å². The number of benzene rings is 2. The van der Waals surface area contributed by atoms with Crippen molar-refractivity contribution in [1.29, 1.82) is 0 Å². The molecule has 0 aromatic heterocycles. The first-order valence-electron chi connectivity index (χ1n) is 5.48. The van der Waals surface area contributed by atoms with Gasteiger partial charge >= 0.3 is 0 Å². The van der Waals surface area contributed by atoms with E-state index in [9.17, 15) is 14.9 Å². The van der Waals surface area contributed by atoms with E-state index in [4.69, 9.17) is 11.6 Å². The zero-order chi connectivity index (χ0) is 14.7. The minimum absolute atomic E-state index is 0.0340. The van der Waals surface area contributed by atoms with Crippen molar-refractivity contribution in [2.75, 3.05) is 5.32 Å². The molecule has 0 bridgehead atoms. The molecule has 1 N–H and O–H groups in total. The molecule has 0 heterocycles. The molecular weight excluding hydrogens is 348 g/mol. The molecule has 20 heavy (non-hydrogen) atoms. The lowest BCUT2D eigenvalue weighted by Crippen LogP contribution is -2.12. The van der Waals surface area contributed by atoms with Crippen LogP contribution in [0.4, 0.5) is 11.4 Å². The fraction of sp³-hybridized carbons (Fsp3) is 0. The molecule has 0 aliphatic carbocycles. The Morgan fingerprint density at radius 3 is 2.60 bits per heavy atom. The molecule has 0 atom stereocenters. The van der Waals surface area contributed by atoms with E-state index in [1.165, 1.54) is 12.1 Å². The topological polar surface area (TPSA) is 72.2 Å². The summed E-state index contributed by atoms with van der Waals surface area (Å²) in [7, 11) is 0. The second-order valence-corrected chi connectivity index (χ2v) is 5.21.